The molecule has 0 aromatic rings. The van der Waals surface area contributed by atoms with Gasteiger partial charge in [-0.2, -0.15) is 0 Å². The normalized spacial score (nSPS) is 23.7. The number of carboxylic acids is 1. The molecule has 2 unspecified atom stereocenters. The topological polar surface area (TPSA) is 136 Å². The van der Waals surface area contributed by atoms with Crippen LogP contribution in [0.15, 0.2) is 40.6 Å². The molecule has 1 fully saturated rings. The number of aliphatic carboxylic acids is 1. The van der Waals surface area contributed by atoms with Gasteiger partial charge in [-0.3, -0.25) is 14.5 Å². The summed E-state index contributed by atoms with van der Waals surface area (Å²) in [6.07, 6.45) is 1.36. The van der Waals surface area contributed by atoms with E-state index < -0.39 is 46.5 Å². The van der Waals surface area contributed by atoms with Crippen LogP contribution in [0.5, 0.6) is 0 Å². The van der Waals surface area contributed by atoms with E-state index in [2.05, 4.69) is 17.1 Å². The number of thioether (sulfide) groups is 1. The van der Waals surface area contributed by atoms with Gasteiger partial charge >= 0.3 is 5.97 Å². The Balaban J connectivity index is 2.21. The summed E-state index contributed by atoms with van der Waals surface area (Å²) in [5, 5.41) is 22.7. The third-order valence-corrected chi connectivity index (χ3v) is 4.99. The summed E-state index contributed by atoms with van der Waals surface area (Å²) in [7, 11) is 0. The van der Waals surface area contributed by atoms with Crippen molar-refractivity contribution >= 4 is 41.1 Å². The number of halogens is 1. The van der Waals surface area contributed by atoms with Gasteiger partial charge in [-0.1, -0.05) is 12.7 Å². The van der Waals surface area contributed by atoms with Crippen molar-refractivity contribution in [3.8, 4) is 0 Å². The van der Waals surface area contributed by atoms with Crippen LogP contribution < -0.4 is 5.32 Å². The van der Waals surface area contributed by atoms with Gasteiger partial charge in [-0.05, 0) is 10.7 Å². The number of nitrogens with one attached hydrogen (secondary N) is 1. The van der Waals surface area contributed by atoms with Crippen molar-refractivity contribution in [1.82, 2.24) is 10.2 Å². The number of nitrogens with zero attached hydrogens (tertiary/aromatic N) is 2. The first kappa shape index (κ1) is 18.0. The Morgan fingerprint density at radius 2 is 2.17 bits per heavy atom. The first-order valence-electron chi connectivity index (χ1n) is 6.53. The third kappa shape index (κ3) is 2.89. The van der Waals surface area contributed by atoms with Crippen LogP contribution in [0.25, 0.3) is 0 Å². The molecule has 2 atom stereocenters. The van der Waals surface area contributed by atoms with Crippen LogP contribution in [0.1, 0.15) is 0 Å². The van der Waals surface area contributed by atoms with Crippen LogP contribution in [0.3, 0.4) is 0 Å². The van der Waals surface area contributed by atoms with Gasteiger partial charge in [-0.25, -0.2) is 4.79 Å². The molecular weight excluding hydrogens is 362 g/mol. The Bertz CT molecular complexity index is 704. The maximum Gasteiger partial charge on any atom is 0.352 e. The first-order valence-corrected chi connectivity index (χ1v) is 8.11. The fourth-order valence-corrected chi connectivity index (χ4v) is 3.76. The third-order valence-electron chi connectivity index (χ3n) is 3.44. The average Bonchev–Trinajstić information content (AvgIpc) is 2.58. The van der Waals surface area contributed by atoms with Gasteiger partial charge in [0.15, 0.2) is 0 Å². The van der Waals surface area contributed by atoms with Crippen molar-refractivity contribution in [3.05, 3.63) is 40.3 Å². The summed E-state index contributed by atoms with van der Waals surface area (Å²) in [5.41, 5.74) is -0.605. The predicted molar refractivity (Wildman–Crippen MR) is 86.1 cm³/mol. The second-order valence-electron chi connectivity index (χ2n) is 4.76. The van der Waals surface area contributed by atoms with Gasteiger partial charge in [0.1, 0.15) is 22.9 Å². The molecule has 0 saturated carbocycles. The molecule has 1 saturated heterocycles. The number of carboxylic acid groups (broad SMARTS) is 1. The van der Waals surface area contributed by atoms with Gasteiger partial charge in [0.05, 0.1) is 5.88 Å². The number of β-lactam (4-membered cyclic amide) rings is 1. The minimum absolute atomic E-state index is 0.183. The lowest BCUT2D eigenvalue weighted by molar-refractivity contribution is -0.150. The van der Waals surface area contributed by atoms with E-state index in [1.807, 2.05) is 0 Å². The molecule has 0 spiro atoms. The highest BCUT2D eigenvalue weighted by atomic mass is 35.5. The second kappa shape index (κ2) is 7.05. The highest BCUT2D eigenvalue weighted by molar-refractivity contribution is 8.00. The van der Waals surface area contributed by atoms with E-state index in [1.165, 1.54) is 17.8 Å². The van der Waals surface area contributed by atoms with Crippen molar-refractivity contribution in [3.63, 3.8) is 0 Å². The lowest BCUT2D eigenvalue weighted by atomic mass is 10.0. The molecule has 128 valence electrons. The van der Waals surface area contributed by atoms with E-state index in [0.717, 1.165) is 4.90 Å². The Morgan fingerprint density at radius 3 is 2.67 bits per heavy atom. The maximum absolute atomic E-state index is 12.2. The summed E-state index contributed by atoms with van der Waals surface area (Å²) in [4.78, 5) is 47.2. The van der Waals surface area contributed by atoms with Gasteiger partial charge in [0.25, 0.3) is 11.8 Å². The Hall–Kier alpha value is -2.33. The highest BCUT2D eigenvalue weighted by Gasteiger charge is 2.54. The molecule has 2 rings (SSSR count). The van der Waals surface area contributed by atoms with Crippen molar-refractivity contribution in [2.75, 3.05) is 11.6 Å². The number of hydrogen-bond donors (Lipinski definition) is 3. The first-order chi connectivity index (χ1) is 11.4. The maximum atomic E-state index is 12.2. The number of aliphatic hydroxyl groups is 1. The molecule has 2 aliphatic heterocycles. The summed E-state index contributed by atoms with van der Waals surface area (Å²) in [6.45, 7) is 3.52. The molecule has 2 aliphatic rings. The van der Waals surface area contributed by atoms with Crippen LogP contribution in [-0.4, -0.2) is 55.9 Å². The molecule has 0 aromatic heterocycles. The fraction of sp³-hybridized carbons (Fsp3) is 0.308. The van der Waals surface area contributed by atoms with E-state index in [4.69, 9.17) is 11.6 Å². The van der Waals surface area contributed by atoms with E-state index in [9.17, 15) is 29.5 Å². The molecule has 24 heavy (non-hydrogen) atoms. The van der Waals surface area contributed by atoms with E-state index in [-0.39, 0.29) is 5.70 Å². The lowest BCUT2D eigenvalue weighted by Crippen LogP contribution is -2.70. The van der Waals surface area contributed by atoms with Crippen LogP contribution in [0, 0.1) is 4.91 Å². The number of allylic oxidation sites excluding steroid dienone is 2. The SMILES string of the molecule is C=CC1=C(C(=O)O)N2C(=O)C(NC(=O)C(N=O)=C(O)CCl)C2SC1. The van der Waals surface area contributed by atoms with E-state index in [0.29, 0.717) is 11.3 Å². The average molecular weight is 374 g/mol. The number of alkyl halides is 1. The predicted octanol–water partition coefficient (Wildman–Crippen LogP) is 0.686. The van der Waals surface area contributed by atoms with Crippen molar-refractivity contribution < 1.29 is 24.6 Å². The van der Waals surface area contributed by atoms with Crippen LogP contribution >= 0.6 is 23.4 Å². The van der Waals surface area contributed by atoms with Gasteiger partial charge in [0, 0.05) is 5.75 Å². The molecule has 0 radical (unpaired) electrons. The number of fused-ring (bicyclic) bond motifs is 1. The summed E-state index contributed by atoms with van der Waals surface area (Å²) in [6, 6.07) is -1.04. The summed E-state index contributed by atoms with van der Waals surface area (Å²) in [5.74, 6) is -3.89. The molecule has 0 aromatic carbocycles. The van der Waals surface area contributed by atoms with Crippen molar-refractivity contribution in [2.24, 2.45) is 5.18 Å². The van der Waals surface area contributed by atoms with Gasteiger partial charge < -0.3 is 15.5 Å². The Kier molecular flexibility index (Phi) is 5.30. The van der Waals surface area contributed by atoms with E-state index >= 15 is 0 Å². The number of carbonyl (C=O) groups is 3. The number of hydrogen-bond acceptors (Lipinski definition) is 7. The number of carbonyl (C=O) groups excluding carboxylic acids is 2. The monoisotopic (exact) mass is 373 g/mol. The molecule has 2 amide bonds. The molecule has 3 N–H and O–H groups in total. The minimum Gasteiger partial charge on any atom is -0.508 e. The van der Waals surface area contributed by atoms with Crippen LogP contribution in [0.2, 0.25) is 0 Å². The summed E-state index contributed by atoms with van der Waals surface area (Å²) < 4.78 is 0. The Labute approximate surface area is 145 Å². The largest absolute Gasteiger partial charge is 0.508 e. The quantitative estimate of drug-likeness (QED) is 0.205. The number of nitroso groups, excluding NO2 is 1. The zero-order valence-electron chi connectivity index (χ0n) is 12.1. The highest BCUT2D eigenvalue weighted by Crippen LogP contribution is 2.40. The standard InChI is InChI=1S/C13H12ClN3O6S/c1-2-5-4-24-12-8(11(20)17(12)9(5)13(21)22)15-10(19)7(16-23)6(18)3-14/h2,8,12,18H,1,3-4H2,(H,15,19)(H,21,22). The second-order valence-corrected chi connectivity index (χ2v) is 6.14. The number of aliphatic hydroxyl groups excluding tert-OH is 1. The molecule has 0 aliphatic carbocycles. The van der Waals surface area contributed by atoms with Gasteiger partial charge in [-0.15, -0.1) is 28.3 Å². The Morgan fingerprint density at radius 1 is 1.50 bits per heavy atom. The zero-order chi connectivity index (χ0) is 18.0. The lowest BCUT2D eigenvalue weighted by Gasteiger charge is -2.49. The van der Waals surface area contributed by atoms with Crippen LogP contribution in [-0.2, 0) is 14.4 Å². The molecule has 9 nitrogen and oxygen atoms in total. The fourth-order valence-electron chi connectivity index (χ4n) is 2.30. The molecule has 2 heterocycles. The zero-order valence-corrected chi connectivity index (χ0v) is 13.6. The van der Waals surface area contributed by atoms with E-state index in [1.54, 1.807) is 0 Å². The molecule has 0 bridgehead atoms. The summed E-state index contributed by atoms with van der Waals surface area (Å²) >= 11 is 6.57. The number of rotatable bonds is 6. The van der Waals surface area contributed by atoms with Crippen molar-refractivity contribution in [1.29, 1.82) is 0 Å². The van der Waals surface area contributed by atoms with Gasteiger partial charge in [0.2, 0.25) is 5.70 Å². The number of amides is 2. The van der Waals surface area contributed by atoms with Crippen molar-refractivity contribution in [2.45, 2.75) is 11.4 Å². The minimum atomic E-state index is -1.27. The molecule has 11 heteroatoms. The smallest absolute Gasteiger partial charge is 0.352 e. The van der Waals surface area contributed by atoms with Crippen LogP contribution in [0.4, 0.5) is 0 Å². The molecular formula is C13H12ClN3O6S.